The summed E-state index contributed by atoms with van der Waals surface area (Å²) in [6, 6.07) is 44.2. The predicted octanol–water partition coefficient (Wildman–Crippen LogP) is 13.2. The second-order valence-corrected chi connectivity index (χ2v) is 25.8. The third kappa shape index (κ3) is 7.58. The minimum atomic E-state index is -2.24. The van der Waals surface area contributed by atoms with E-state index in [0.717, 1.165) is 61.0 Å². The number of rotatable bonds is 6. The van der Waals surface area contributed by atoms with Crippen molar-refractivity contribution in [1.82, 2.24) is 9.97 Å². The van der Waals surface area contributed by atoms with E-state index in [-0.39, 0.29) is 31.6 Å². The Hall–Kier alpha value is -4.81. The first-order valence-corrected chi connectivity index (χ1v) is 25.7. The summed E-state index contributed by atoms with van der Waals surface area (Å²) in [5.41, 5.74) is 9.36. The average molecular weight is 962 g/mol. The molecule has 0 amide bonds. The second-order valence-electron chi connectivity index (χ2n) is 15.1. The van der Waals surface area contributed by atoms with Crippen LogP contribution in [0.3, 0.4) is 0 Å². The Morgan fingerprint density at radius 1 is 0.691 bits per heavy atom. The van der Waals surface area contributed by atoms with Crippen LogP contribution in [0.5, 0.6) is 0 Å². The van der Waals surface area contributed by atoms with Gasteiger partial charge in [-0.15, -0.1) is 18.2 Å². The number of benzene rings is 5. The van der Waals surface area contributed by atoms with Gasteiger partial charge in [-0.05, 0) is 40.8 Å². The van der Waals surface area contributed by atoms with Crippen LogP contribution < -0.4 is 4.40 Å². The molecule has 0 bridgehead atoms. The van der Waals surface area contributed by atoms with Gasteiger partial charge in [-0.2, -0.15) is 0 Å². The Morgan fingerprint density at radius 2 is 1.45 bits per heavy atom. The summed E-state index contributed by atoms with van der Waals surface area (Å²) in [5.74, 6) is 6.47. The van der Waals surface area contributed by atoms with E-state index < -0.39 is 26.0 Å². The molecule has 0 aliphatic carbocycles. The zero-order valence-corrected chi connectivity index (χ0v) is 36.2. The van der Waals surface area contributed by atoms with Crippen LogP contribution in [0.1, 0.15) is 43.3 Å². The molecule has 0 saturated carbocycles. The van der Waals surface area contributed by atoms with E-state index in [4.69, 9.17) is 14.3 Å². The van der Waals surface area contributed by atoms with Gasteiger partial charge in [-0.3, -0.25) is 0 Å². The van der Waals surface area contributed by atoms with Crippen molar-refractivity contribution in [2.75, 3.05) is 0 Å². The Kier molecular flexibility index (Phi) is 9.59. The zero-order chi connectivity index (χ0) is 41.0. The third-order valence-corrected chi connectivity index (χ3v) is 14.5. The van der Waals surface area contributed by atoms with Gasteiger partial charge < -0.3 is 9.40 Å². The monoisotopic (exact) mass is 963 g/mol. The molecule has 1 radical (unpaired) electrons. The molecule has 0 aliphatic rings. The van der Waals surface area contributed by atoms with Gasteiger partial charge in [-0.1, -0.05) is 85.8 Å². The average Bonchev–Trinajstić information content (AvgIpc) is 3.79. The number of furan rings is 2. The molecule has 1 atom stereocenters. The first kappa shape index (κ1) is 33.5. The predicted molar refractivity (Wildman–Crippen MR) is 228 cm³/mol. The zero-order valence-electron chi connectivity index (χ0n) is 35.7. The van der Waals surface area contributed by atoms with Crippen LogP contribution in [-0.4, -0.2) is 23.2 Å². The van der Waals surface area contributed by atoms with Crippen molar-refractivity contribution in [1.29, 1.82) is 0 Å². The second kappa shape index (κ2) is 15.7. The van der Waals surface area contributed by atoms with E-state index in [2.05, 4.69) is 89.6 Å². The summed E-state index contributed by atoms with van der Waals surface area (Å²) < 4.78 is 46.2. The van der Waals surface area contributed by atoms with E-state index in [0.29, 0.717) is 22.1 Å². The van der Waals surface area contributed by atoms with Crippen LogP contribution >= 0.6 is 0 Å². The summed E-state index contributed by atoms with van der Waals surface area (Å²) in [7, 11) is 0. The maximum absolute atomic E-state index is 8.78. The molecule has 4 nitrogen and oxygen atoms in total. The number of pyridine rings is 2. The molecular formula is C49H44GeIrN2O2-2. The minimum Gasteiger partial charge on any atom is 0 e. The van der Waals surface area contributed by atoms with Crippen molar-refractivity contribution in [2.45, 2.75) is 50.8 Å². The van der Waals surface area contributed by atoms with Crippen molar-refractivity contribution < 1.29 is 34.4 Å². The summed E-state index contributed by atoms with van der Waals surface area (Å²) in [5, 5.41) is 3.55. The van der Waals surface area contributed by atoms with Gasteiger partial charge >= 0.3 is 149 Å². The number of aromatic nitrogens is 2. The van der Waals surface area contributed by atoms with Crippen molar-refractivity contribution in [3.63, 3.8) is 0 Å². The number of fused-ring (bicyclic) bond motifs is 6. The van der Waals surface area contributed by atoms with Gasteiger partial charge in [0.15, 0.2) is 0 Å². The number of hydrogen-bond acceptors (Lipinski definition) is 4. The molecule has 0 spiro atoms. The Labute approximate surface area is 345 Å². The fourth-order valence-electron chi connectivity index (χ4n) is 6.83. The van der Waals surface area contributed by atoms with Gasteiger partial charge in [-0.25, -0.2) is 0 Å². The largest absolute Gasteiger partial charge is 0 e. The van der Waals surface area contributed by atoms with Crippen molar-refractivity contribution in [3.05, 3.63) is 151 Å². The quantitative estimate of drug-likeness (QED) is 0.123. The molecule has 1 unspecified atom stereocenters. The normalized spacial score (nSPS) is 14.1. The maximum atomic E-state index is 8.78. The van der Waals surface area contributed by atoms with Gasteiger partial charge in [0.2, 0.25) is 0 Å². The Bertz CT molecular complexity index is 2930. The molecule has 9 aromatic rings. The third-order valence-electron chi connectivity index (χ3n) is 10.2. The van der Waals surface area contributed by atoms with E-state index in [1.165, 1.54) is 4.40 Å². The van der Waals surface area contributed by atoms with E-state index in [9.17, 15) is 0 Å². The molecule has 55 heavy (non-hydrogen) atoms. The van der Waals surface area contributed by atoms with Gasteiger partial charge in [0.05, 0.1) is 5.58 Å². The number of nitrogens with zero attached hydrogens (tertiary/aromatic N) is 2. The summed E-state index contributed by atoms with van der Waals surface area (Å²) in [6.45, 7) is 3.86. The van der Waals surface area contributed by atoms with Crippen LogP contribution in [0.4, 0.5) is 0 Å². The molecule has 277 valence electrons. The molecular weight excluding hydrogens is 913 g/mol. The molecule has 9 rings (SSSR count). The van der Waals surface area contributed by atoms with Gasteiger partial charge in [0.1, 0.15) is 5.58 Å². The van der Waals surface area contributed by atoms with Crippen molar-refractivity contribution in [3.8, 4) is 33.6 Å². The Morgan fingerprint density at radius 3 is 2.20 bits per heavy atom. The van der Waals surface area contributed by atoms with Crippen LogP contribution in [0.2, 0.25) is 17.3 Å². The summed E-state index contributed by atoms with van der Waals surface area (Å²) in [4.78, 5) is 9.24. The topological polar surface area (TPSA) is 52.1 Å². The van der Waals surface area contributed by atoms with E-state index >= 15 is 0 Å². The molecule has 0 fully saturated rings. The molecule has 4 heterocycles. The smallest absolute Gasteiger partial charge is 0 e. The van der Waals surface area contributed by atoms with Crippen LogP contribution in [0.25, 0.3) is 77.5 Å². The Balaban J connectivity index is 0.000000178. The number of para-hydroxylation sites is 1. The van der Waals surface area contributed by atoms with Gasteiger partial charge in [0.25, 0.3) is 0 Å². The SMILES string of the molecule is [2H]C(C)(c1ccnc(-c2[c-]ccc3c2oc2cc(-c4ccccc4)ccc23)c1)C(C)C.[2H]C([2H])([2H])c1c[c-]c(-c2cc[c]([Ge]([CH3])([CH3])[CH3])cn2)c2oc3ccccc3c12.[Ir]. The van der Waals surface area contributed by atoms with E-state index in [1.807, 2.05) is 85.9 Å². The van der Waals surface area contributed by atoms with Crippen LogP contribution in [0.15, 0.2) is 136 Å². The molecule has 6 heteroatoms. The van der Waals surface area contributed by atoms with Crippen molar-refractivity contribution >= 4 is 61.5 Å². The minimum absolute atomic E-state index is 0. The molecule has 4 aromatic heterocycles. The first-order chi connectivity index (χ1) is 27.6. The van der Waals surface area contributed by atoms with E-state index in [1.54, 1.807) is 12.3 Å². The van der Waals surface area contributed by atoms with Crippen molar-refractivity contribution in [2.24, 2.45) is 5.92 Å². The summed E-state index contributed by atoms with van der Waals surface area (Å²) in [6.07, 6.45) is 3.72. The maximum Gasteiger partial charge on any atom is 0 e. The summed E-state index contributed by atoms with van der Waals surface area (Å²) >= 11 is -1.95. The standard InChI is InChI=1S/C28H24NO.C21H20GeNO.Ir/c1-18(2)19(3)21-14-15-29-26(16-21)25-11-7-10-24-23-13-12-22(17-27(23)30-28(24)25)20-8-5-4-6-9-20;1-14-9-11-16(18-12-10-15(13-23-18)22(2,3)4)21-20(14)17-7-5-6-8-19(17)24-21;/h4-10,12-19H,1-3H3;5-10,12-13H,1-4H3;/q2*-1;/i19D;1D3;. The molecule has 5 aromatic carbocycles. The fourth-order valence-corrected chi connectivity index (χ4v) is 9.01. The van der Waals surface area contributed by atoms with Gasteiger partial charge in [0, 0.05) is 33.1 Å². The molecule has 0 saturated heterocycles. The van der Waals surface area contributed by atoms with Crippen LogP contribution in [0, 0.1) is 24.9 Å². The fraction of sp³-hybridized carbons (Fsp3) is 0.184. The molecule has 0 aliphatic heterocycles. The number of hydrogen-bond donors (Lipinski definition) is 0. The van der Waals surface area contributed by atoms with Crippen LogP contribution in [-0.2, 0) is 20.1 Å². The molecule has 0 N–H and O–H groups in total. The number of aryl methyl sites for hydroxylation is 1. The first-order valence-electron chi connectivity index (χ1n) is 20.3.